The van der Waals surface area contributed by atoms with Crippen LogP contribution in [0.25, 0.3) is 10.7 Å². The molecule has 2 heterocycles. The summed E-state index contributed by atoms with van der Waals surface area (Å²) in [4.78, 5) is 11.9. The fourth-order valence-corrected chi connectivity index (χ4v) is 3.49. The molecule has 19 heavy (non-hydrogen) atoms. The van der Waals surface area contributed by atoms with E-state index in [2.05, 4.69) is 35.4 Å². The molecule has 100 valence electrons. The first-order valence-corrected chi connectivity index (χ1v) is 7.71. The summed E-state index contributed by atoms with van der Waals surface area (Å²) in [5.41, 5.74) is 1.21. The van der Waals surface area contributed by atoms with Crippen molar-refractivity contribution >= 4 is 17.2 Å². The fraction of sp³-hybridized carbons (Fsp3) is 0.467. The topological polar surface area (TPSA) is 37.8 Å². The van der Waals surface area contributed by atoms with E-state index in [-0.39, 0.29) is 0 Å². The summed E-state index contributed by atoms with van der Waals surface area (Å²) < 4.78 is 0. The minimum Gasteiger partial charge on any atom is -0.373 e. The molecule has 3 rings (SSSR count). The van der Waals surface area contributed by atoms with Crippen LogP contribution in [0.15, 0.2) is 18.2 Å². The van der Waals surface area contributed by atoms with Gasteiger partial charge in [-0.15, -0.1) is 11.3 Å². The minimum atomic E-state index is 0.620. The summed E-state index contributed by atoms with van der Waals surface area (Å²) in [5, 5.41) is 3.16. The molecule has 1 saturated carbocycles. The number of nitrogens with one attached hydrogen (secondary N) is 1. The molecular formula is C15H19N3S. The second-order valence-corrected chi connectivity index (χ2v) is 6.43. The molecule has 0 spiro atoms. The van der Waals surface area contributed by atoms with E-state index in [9.17, 15) is 0 Å². The summed E-state index contributed by atoms with van der Waals surface area (Å²) in [5.74, 6) is 2.42. The molecule has 0 aromatic carbocycles. The van der Waals surface area contributed by atoms with Gasteiger partial charge in [-0.25, -0.2) is 9.97 Å². The molecule has 0 amide bonds. The Labute approximate surface area is 118 Å². The normalized spacial score (nSPS) is 15.9. The Hall–Kier alpha value is -1.42. The van der Waals surface area contributed by atoms with Crippen molar-refractivity contribution in [2.45, 2.75) is 38.5 Å². The lowest BCUT2D eigenvalue weighted by Crippen LogP contribution is -2.03. The molecule has 2 aromatic heterocycles. The lowest BCUT2D eigenvalue weighted by Gasteiger charge is -2.11. The third-order valence-corrected chi connectivity index (χ3v) is 4.73. The first kappa shape index (κ1) is 12.6. The van der Waals surface area contributed by atoms with Gasteiger partial charge >= 0.3 is 0 Å². The van der Waals surface area contributed by atoms with E-state index in [4.69, 9.17) is 4.98 Å². The Kier molecular flexibility index (Phi) is 3.51. The van der Waals surface area contributed by atoms with Gasteiger partial charge in [0, 0.05) is 29.6 Å². The number of aromatic nitrogens is 2. The molecule has 0 radical (unpaired) electrons. The van der Waals surface area contributed by atoms with Crippen molar-refractivity contribution in [1.82, 2.24) is 9.97 Å². The second kappa shape index (κ2) is 5.29. The fourth-order valence-electron chi connectivity index (χ4n) is 2.69. The van der Waals surface area contributed by atoms with Crippen molar-refractivity contribution in [3.8, 4) is 10.7 Å². The third kappa shape index (κ3) is 2.63. The zero-order chi connectivity index (χ0) is 13.2. The molecule has 3 nitrogen and oxygen atoms in total. The van der Waals surface area contributed by atoms with Gasteiger partial charge in [0.15, 0.2) is 5.82 Å². The van der Waals surface area contributed by atoms with E-state index in [0.29, 0.717) is 5.92 Å². The maximum absolute atomic E-state index is 4.81. The average Bonchev–Trinajstić information content (AvgIpc) is 3.09. The second-order valence-electron chi connectivity index (χ2n) is 5.14. The number of hydrogen-bond acceptors (Lipinski definition) is 4. The van der Waals surface area contributed by atoms with E-state index in [1.165, 1.54) is 36.3 Å². The maximum atomic E-state index is 4.81. The number of hydrogen-bond donors (Lipinski definition) is 1. The minimum absolute atomic E-state index is 0.620. The molecule has 0 bridgehead atoms. The summed E-state index contributed by atoms with van der Waals surface area (Å²) in [7, 11) is 1.92. The van der Waals surface area contributed by atoms with Gasteiger partial charge in [0.25, 0.3) is 0 Å². The number of aryl methyl sites for hydroxylation is 1. The van der Waals surface area contributed by atoms with Gasteiger partial charge in [0.05, 0.1) is 4.88 Å². The highest BCUT2D eigenvalue weighted by atomic mass is 32.1. The van der Waals surface area contributed by atoms with Crippen LogP contribution in [0.1, 0.15) is 42.2 Å². The standard InChI is InChI=1S/C15H19N3S/c1-10-7-8-13(19-10)15-17-12(9-14(16-2)18-15)11-5-3-4-6-11/h7-9,11H,3-6H2,1-2H3,(H,16,17,18). The molecule has 2 aromatic rings. The first-order chi connectivity index (χ1) is 9.26. The average molecular weight is 273 g/mol. The summed E-state index contributed by atoms with van der Waals surface area (Å²) in [6, 6.07) is 6.36. The van der Waals surface area contributed by atoms with Crippen molar-refractivity contribution < 1.29 is 0 Å². The monoisotopic (exact) mass is 273 g/mol. The van der Waals surface area contributed by atoms with E-state index in [0.717, 1.165) is 16.5 Å². The number of thiophene rings is 1. The van der Waals surface area contributed by atoms with Gasteiger partial charge < -0.3 is 5.32 Å². The van der Waals surface area contributed by atoms with Gasteiger partial charge in [-0.3, -0.25) is 0 Å². The predicted molar refractivity (Wildman–Crippen MR) is 80.8 cm³/mol. The molecule has 0 unspecified atom stereocenters. The van der Waals surface area contributed by atoms with E-state index in [1.807, 2.05) is 7.05 Å². The zero-order valence-corrected chi connectivity index (χ0v) is 12.3. The largest absolute Gasteiger partial charge is 0.373 e. The van der Waals surface area contributed by atoms with Crippen LogP contribution in [0.3, 0.4) is 0 Å². The van der Waals surface area contributed by atoms with Gasteiger partial charge in [-0.2, -0.15) is 0 Å². The molecule has 1 aliphatic rings. The number of anilines is 1. The number of nitrogens with zero attached hydrogens (tertiary/aromatic N) is 2. The van der Waals surface area contributed by atoms with Crippen LogP contribution >= 0.6 is 11.3 Å². The van der Waals surface area contributed by atoms with Crippen molar-refractivity contribution in [2.75, 3.05) is 12.4 Å². The van der Waals surface area contributed by atoms with E-state index >= 15 is 0 Å². The molecule has 0 aliphatic heterocycles. The molecule has 1 aliphatic carbocycles. The van der Waals surface area contributed by atoms with Crippen molar-refractivity contribution in [1.29, 1.82) is 0 Å². The van der Waals surface area contributed by atoms with Crippen LogP contribution in [0.2, 0.25) is 0 Å². The van der Waals surface area contributed by atoms with Gasteiger partial charge in [-0.1, -0.05) is 12.8 Å². The lowest BCUT2D eigenvalue weighted by atomic mass is 10.0. The molecule has 0 atom stereocenters. The quantitative estimate of drug-likeness (QED) is 0.910. The highest BCUT2D eigenvalue weighted by molar-refractivity contribution is 7.15. The van der Waals surface area contributed by atoms with Crippen LogP contribution in [0.5, 0.6) is 0 Å². The Bertz CT molecular complexity index is 571. The SMILES string of the molecule is CNc1cc(C2CCCC2)nc(-c2ccc(C)s2)n1. The first-order valence-electron chi connectivity index (χ1n) is 6.90. The van der Waals surface area contributed by atoms with Crippen LogP contribution in [0.4, 0.5) is 5.82 Å². The van der Waals surface area contributed by atoms with Crippen molar-refractivity contribution in [3.63, 3.8) is 0 Å². The molecular weight excluding hydrogens is 254 g/mol. The Morgan fingerprint density at radius 3 is 2.63 bits per heavy atom. The predicted octanol–water partition coefficient (Wildman–Crippen LogP) is 4.21. The Morgan fingerprint density at radius 1 is 1.21 bits per heavy atom. The van der Waals surface area contributed by atoms with E-state index < -0.39 is 0 Å². The number of rotatable bonds is 3. The van der Waals surface area contributed by atoms with Crippen LogP contribution < -0.4 is 5.32 Å². The lowest BCUT2D eigenvalue weighted by molar-refractivity contribution is 0.696. The molecule has 0 saturated heterocycles. The van der Waals surface area contributed by atoms with Crippen molar-refractivity contribution in [3.05, 3.63) is 28.8 Å². The van der Waals surface area contributed by atoms with Crippen LogP contribution in [-0.2, 0) is 0 Å². The molecule has 1 N–H and O–H groups in total. The summed E-state index contributed by atoms with van der Waals surface area (Å²) >= 11 is 1.76. The van der Waals surface area contributed by atoms with Crippen LogP contribution in [0, 0.1) is 6.92 Å². The zero-order valence-electron chi connectivity index (χ0n) is 11.4. The Balaban J connectivity index is 2.01. The van der Waals surface area contributed by atoms with Crippen LogP contribution in [-0.4, -0.2) is 17.0 Å². The van der Waals surface area contributed by atoms with Gasteiger partial charge in [0.1, 0.15) is 5.82 Å². The summed E-state index contributed by atoms with van der Waals surface area (Å²) in [6.07, 6.45) is 5.19. The highest BCUT2D eigenvalue weighted by Crippen LogP contribution is 2.35. The molecule has 1 fully saturated rings. The smallest absolute Gasteiger partial charge is 0.171 e. The highest BCUT2D eigenvalue weighted by Gasteiger charge is 2.20. The van der Waals surface area contributed by atoms with E-state index in [1.54, 1.807) is 11.3 Å². The molecule has 4 heteroatoms. The van der Waals surface area contributed by atoms with Crippen molar-refractivity contribution in [2.24, 2.45) is 0 Å². The van der Waals surface area contributed by atoms with Gasteiger partial charge in [-0.05, 0) is 31.9 Å². The summed E-state index contributed by atoms with van der Waals surface area (Å²) in [6.45, 7) is 2.12. The third-order valence-electron chi connectivity index (χ3n) is 3.74. The Morgan fingerprint density at radius 2 is 2.00 bits per heavy atom. The maximum Gasteiger partial charge on any atom is 0.171 e. The van der Waals surface area contributed by atoms with Gasteiger partial charge in [0.2, 0.25) is 0 Å².